The third-order valence-electron chi connectivity index (χ3n) is 7.13. The third-order valence-corrected chi connectivity index (χ3v) is 7.13. The van der Waals surface area contributed by atoms with Crippen LogP contribution >= 0.6 is 0 Å². The molecule has 11 nitrogen and oxygen atoms in total. The zero-order chi connectivity index (χ0) is 31.3. The molecular weight excluding hydrogens is 582 g/mol. The van der Waals surface area contributed by atoms with Crippen LogP contribution in [0.1, 0.15) is 51.8 Å². The van der Waals surface area contributed by atoms with Gasteiger partial charge in [-0.15, -0.1) is 5.06 Å². The van der Waals surface area contributed by atoms with E-state index >= 15 is 0 Å². The number of amides is 2. The van der Waals surface area contributed by atoms with Crippen LogP contribution in [0.15, 0.2) is 115 Å². The molecule has 1 fully saturated rings. The minimum Gasteiger partial charge on any atom is -0.459 e. The molecule has 0 N–H and O–H groups in total. The fourth-order valence-corrected chi connectivity index (χ4v) is 4.89. The zero-order valence-electron chi connectivity index (χ0n) is 23.5. The molecule has 0 spiro atoms. The first-order valence-corrected chi connectivity index (χ1v) is 13.9. The van der Waals surface area contributed by atoms with Gasteiger partial charge in [0.25, 0.3) is 11.8 Å². The van der Waals surface area contributed by atoms with Crippen LogP contribution in [0.5, 0.6) is 0 Å². The van der Waals surface area contributed by atoms with E-state index < -0.39 is 60.9 Å². The Bertz CT molecular complexity index is 1690. The van der Waals surface area contributed by atoms with Gasteiger partial charge < -0.3 is 18.9 Å². The number of hydrogen-bond acceptors (Lipinski definition) is 10. The van der Waals surface area contributed by atoms with E-state index in [1.54, 1.807) is 78.9 Å². The van der Waals surface area contributed by atoms with Crippen LogP contribution in [-0.4, -0.2) is 66.0 Å². The first-order chi connectivity index (χ1) is 21.9. The molecule has 0 unspecified atom stereocenters. The summed E-state index contributed by atoms with van der Waals surface area (Å²) in [5, 5.41) is 0.507. The summed E-state index contributed by atoms with van der Waals surface area (Å²) in [7, 11) is 0. The van der Waals surface area contributed by atoms with Crippen molar-refractivity contribution in [1.82, 2.24) is 5.06 Å². The number of hydrogen-bond donors (Lipinski definition) is 0. The number of carbonyl (C=O) groups excluding carboxylic acids is 5. The van der Waals surface area contributed by atoms with Gasteiger partial charge in [-0.2, -0.15) is 0 Å². The van der Waals surface area contributed by atoms with Gasteiger partial charge in [0.05, 0.1) is 27.8 Å². The molecule has 4 atom stereocenters. The van der Waals surface area contributed by atoms with Gasteiger partial charge >= 0.3 is 17.9 Å². The lowest BCUT2D eigenvalue weighted by atomic mass is 10.1. The highest BCUT2D eigenvalue weighted by molar-refractivity contribution is 6.20. The van der Waals surface area contributed by atoms with Crippen molar-refractivity contribution in [2.75, 3.05) is 6.61 Å². The second-order valence-electron chi connectivity index (χ2n) is 10.0. The molecule has 226 valence electrons. The van der Waals surface area contributed by atoms with E-state index in [4.69, 9.17) is 23.8 Å². The number of fused-ring (bicyclic) bond motifs is 1. The number of rotatable bonds is 9. The summed E-state index contributed by atoms with van der Waals surface area (Å²) in [4.78, 5) is 71.2. The standard InChI is InChI=1S/C34H25NO10/c36-29-24-18-10-11-19-25(24)30(37)35(29)45-34-28(44-33(40)23-16-8-3-9-17-23)27(43-32(39)22-14-6-2-7-15-22)26(42-34)20-41-31(38)21-12-4-1-5-13-21/h1-19,26-28,34H,20H2/t26-,27+,28+,34-/m1/s1. The Hall–Kier alpha value is -5.65. The van der Waals surface area contributed by atoms with Gasteiger partial charge in [0.2, 0.25) is 6.29 Å². The van der Waals surface area contributed by atoms with Crippen molar-refractivity contribution in [3.63, 3.8) is 0 Å². The van der Waals surface area contributed by atoms with E-state index in [1.165, 1.54) is 36.4 Å². The van der Waals surface area contributed by atoms with Crippen LogP contribution in [0.4, 0.5) is 0 Å². The molecule has 0 radical (unpaired) electrons. The Labute approximate surface area is 256 Å². The highest BCUT2D eigenvalue weighted by atomic mass is 16.8. The number of nitrogens with zero attached hydrogens (tertiary/aromatic N) is 1. The second kappa shape index (κ2) is 12.9. The van der Waals surface area contributed by atoms with Crippen LogP contribution in [-0.2, 0) is 23.8 Å². The van der Waals surface area contributed by atoms with Gasteiger partial charge in [-0.05, 0) is 48.5 Å². The summed E-state index contributed by atoms with van der Waals surface area (Å²) >= 11 is 0. The average molecular weight is 608 g/mol. The van der Waals surface area contributed by atoms with Crippen LogP contribution < -0.4 is 0 Å². The van der Waals surface area contributed by atoms with Gasteiger partial charge in [-0.3, -0.25) is 9.59 Å². The molecule has 45 heavy (non-hydrogen) atoms. The molecule has 2 amide bonds. The van der Waals surface area contributed by atoms with Crippen LogP contribution in [0.2, 0.25) is 0 Å². The first kappa shape index (κ1) is 29.4. The fraction of sp³-hybridized carbons (Fsp3) is 0.147. The Balaban J connectivity index is 1.31. The lowest BCUT2D eigenvalue weighted by Crippen LogP contribution is -2.45. The Morgan fingerprint density at radius 1 is 0.578 bits per heavy atom. The Kier molecular flexibility index (Phi) is 8.45. The van der Waals surface area contributed by atoms with Crippen LogP contribution in [0.3, 0.4) is 0 Å². The minimum atomic E-state index is -1.63. The monoisotopic (exact) mass is 607 g/mol. The molecule has 2 aliphatic heterocycles. The predicted molar refractivity (Wildman–Crippen MR) is 155 cm³/mol. The Morgan fingerprint density at radius 3 is 1.49 bits per heavy atom. The molecule has 4 aromatic carbocycles. The quantitative estimate of drug-likeness (QED) is 0.154. The van der Waals surface area contributed by atoms with E-state index in [2.05, 4.69) is 0 Å². The summed E-state index contributed by atoms with van der Waals surface area (Å²) in [5.41, 5.74) is 0.844. The summed E-state index contributed by atoms with van der Waals surface area (Å²) in [6.07, 6.45) is -5.77. The van der Waals surface area contributed by atoms with Crippen molar-refractivity contribution in [2.24, 2.45) is 0 Å². The smallest absolute Gasteiger partial charge is 0.338 e. The number of hydroxylamine groups is 2. The van der Waals surface area contributed by atoms with Crippen molar-refractivity contribution in [2.45, 2.75) is 24.6 Å². The molecule has 1 saturated heterocycles. The van der Waals surface area contributed by atoms with E-state index in [9.17, 15) is 24.0 Å². The molecule has 4 aromatic rings. The third kappa shape index (κ3) is 6.21. The number of benzene rings is 4. The van der Waals surface area contributed by atoms with Gasteiger partial charge in [0.1, 0.15) is 12.7 Å². The van der Waals surface area contributed by atoms with Crippen molar-refractivity contribution in [3.8, 4) is 0 Å². The summed E-state index contributed by atoms with van der Waals surface area (Å²) in [6.45, 7) is -0.457. The maximum atomic E-state index is 13.2. The zero-order valence-corrected chi connectivity index (χ0v) is 23.5. The molecule has 0 saturated carbocycles. The van der Waals surface area contributed by atoms with Crippen LogP contribution in [0, 0.1) is 0 Å². The normalized spacial score (nSPS) is 20.4. The van der Waals surface area contributed by atoms with Gasteiger partial charge in [0, 0.05) is 0 Å². The topological polar surface area (TPSA) is 135 Å². The average Bonchev–Trinajstić information content (AvgIpc) is 3.53. The number of esters is 3. The van der Waals surface area contributed by atoms with Crippen molar-refractivity contribution >= 4 is 29.7 Å². The summed E-state index contributed by atoms with van der Waals surface area (Å²) < 4.78 is 23.1. The molecule has 11 heteroatoms. The van der Waals surface area contributed by atoms with Crippen molar-refractivity contribution in [3.05, 3.63) is 143 Å². The molecular formula is C34H25NO10. The van der Waals surface area contributed by atoms with E-state index in [0.29, 0.717) is 5.06 Å². The number of imide groups is 1. The molecule has 6 rings (SSSR count). The largest absolute Gasteiger partial charge is 0.459 e. The fourth-order valence-electron chi connectivity index (χ4n) is 4.89. The highest BCUT2D eigenvalue weighted by Crippen LogP contribution is 2.33. The van der Waals surface area contributed by atoms with Gasteiger partial charge in [0.15, 0.2) is 12.2 Å². The molecule has 2 heterocycles. The summed E-state index contributed by atoms with van der Waals surface area (Å²) in [5.74, 6) is -3.81. The predicted octanol–water partition coefficient (Wildman–Crippen LogP) is 4.25. The van der Waals surface area contributed by atoms with E-state index in [0.717, 1.165) is 0 Å². The van der Waals surface area contributed by atoms with E-state index in [-0.39, 0.29) is 27.8 Å². The number of carbonyl (C=O) groups is 5. The maximum absolute atomic E-state index is 13.2. The summed E-state index contributed by atoms with van der Waals surface area (Å²) in [6, 6.07) is 30.4. The first-order valence-electron chi connectivity index (χ1n) is 13.9. The number of ether oxygens (including phenoxy) is 4. The lowest BCUT2D eigenvalue weighted by molar-refractivity contribution is -0.249. The van der Waals surface area contributed by atoms with Crippen LogP contribution in [0.25, 0.3) is 0 Å². The minimum absolute atomic E-state index is 0.110. The second-order valence-corrected chi connectivity index (χ2v) is 10.0. The van der Waals surface area contributed by atoms with Gasteiger partial charge in [-0.1, -0.05) is 66.7 Å². The van der Waals surface area contributed by atoms with Crippen molar-refractivity contribution in [1.29, 1.82) is 0 Å². The van der Waals surface area contributed by atoms with E-state index in [1.807, 2.05) is 0 Å². The Morgan fingerprint density at radius 2 is 1.00 bits per heavy atom. The van der Waals surface area contributed by atoms with Crippen molar-refractivity contribution < 1.29 is 47.8 Å². The SMILES string of the molecule is O=C(OC[C@H]1O[C@H](ON2C(=O)c3ccccc3C2=O)[C@@H](OC(=O)c2ccccc2)[C@H]1OC(=O)c1ccccc1)c1ccccc1. The molecule has 2 aliphatic rings. The van der Waals surface area contributed by atoms with Gasteiger partial charge in [-0.25, -0.2) is 19.2 Å². The molecule has 0 bridgehead atoms. The molecule has 0 aromatic heterocycles. The maximum Gasteiger partial charge on any atom is 0.338 e. The highest BCUT2D eigenvalue weighted by Gasteiger charge is 2.54. The lowest BCUT2D eigenvalue weighted by Gasteiger charge is -2.25. The molecule has 0 aliphatic carbocycles.